The Labute approximate surface area is 184 Å². The maximum Gasteiger partial charge on any atom is 0.223 e. The number of halogens is 1. The Hall–Kier alpha value is -2.25. The number of amides is 1. The number of rotatable bonds is 8. The molecule has 0 saturated carbocycles. The van der Waals surface area contributed by atoms with Crippen molar-refractivity contribution in [1.29, 1.82) is 0 Å². The number of piperidine rings is 1. The van der Waals surface area contributed by atoms with Crippen LogP contribution in [0.15, 0.2) is 42.5 Å². The third kappa shape index (κ3) is 5.92. The number of benzene rings is 2. The van der Waals surface area contributed by atoms with Crippen LogP contribution in [0.25, 0.3) is 0 Å². The maximum atomic E-state index is 13.8. The molecule has 5 nitrogen and oxygen atoms in total. The first kappa shape index (κ1) is 23.4. The van der Waals surface area contributed by atoms with Crippen LogP contribution in [0.4, 0.5) is 4.39 Å². The summed E-state index contributed by atoms with van der Waals surface area (Å²) in [5.74, 6) is -1.11. The van der Waals surface area contributed by atoms with Crippen molar-refractivity contribution in [1.82, 2.24) is 9.62 Å². The van der Waals surface area contributed by atoms with Gasteiger partial charge in [-0.05, 0) is 48.4 Å². The highest BCUT2D eigenvalue weighted by Gasteiger charge is 2.31. The summed E-state index contributed by atoms with van der Waals surface area (Å²) in [5.41, 5.74) is 3.78. The monoisotopic (exact) mass is 446 g/mol. The molecule has 0 radical (unpaired) electrons. The lowest BCUT2D eigenvalue weighted by molar-refractivity contribution is -0.126. The minimum atomic E-state index is -3.62. The van der Waals surface area contributed by atoms with Crippen LogP contribution in [0, 0.1) is 11.7 Å². The molecule has 2 aromatic carbocycles. The number of aryl methyl sites for hydroxylation is 2. The van der Waals surface area contributed by atoms with Gasteiger partial charge >= 0.3 is 0 Å². The topological polar surface area (TPSA) is 66.5 Å². The van der Waals surface area contributed by atoms with Crippen molar-refractivity contribution in [2.75, 3.05) is 13.1 Å². The fourth-order valence-electron chi connectivity index (χ4n) is 4.03. The van der Waals surface area contributed by atoms with Gasteiger partial charge in [-0.15, -0.1) is 0 Å². The lowest BCUT2D eigenvalue weighted by atomic mass is 9.96. The van der Waals surface area contributed by atoms with Crippen LogP contribution in [-0.2, 0) is 40.0 Å². The lowest BCUT2D eigenvalue weighted by Crippen LogP contribution is -2.43. The van der Waals surface area contributed by atoms with Crippen LogP contribution >= 0.6 is 0 Å². The summed E-state index contributed by atoms with van der Waals surface area (Å²) in [6, 6.07) is 12.3. The van der Waals surface area contributed by atoms with E-state index in [1.165, 1.54) is 33.6 Å². The smallest absolute Gasteiger partial charge is 0.223 e. The van der Waals surface area contributed by atoms with Crippen LogP contribution in [0.2, 0.25) is 0 Å². The van der Waals surface area contributed by atoms with Crippen LogP contribution in [0.3, 0.4) is 0 Å². The van der Waals surface area contributed by atoms with E-state index in [1.807, 2.05) is 0 Å². The van der Waals surface area contributed by atoms with Crippen molar-refractivity contribution >= 4 is 15.9 Å². The first-order chi connectivity index (χ1) is 14.8. The second-order valence-corrected chi connectivity index (χ2v) is 10.0. The number of hydrogen-bond donors (Lipinski definition) is 1. The van der Waals surface area contributed by atoms with Gasteiger partial charge in [0.25, 0.3) is 0 Å². The Bertz CT molecular complexity index is 1020. The van der Waals surface area contributed by atoms with Crippen molar-refractivity contribution in [2.24, 2.45) is 5.92 Å². The molecule has 0 bridgehead atoms. The van der Waals surface area contributed by atoms with Gasteiger partial charge in [-0.1, -0.05) is 50.2 Å². The predicted molar refractivity (Wildman–Crippen MR) is 120 cm³/mol. The first-order valence-corrected chi connectivity index (χ1v) is 12.5. The van der Waals surface area contributed by atoms with Gasteiger partial charge in [0.15, 0.2) is 0 Å². The second kappa shape index (κ2) is 10.4. The third-order valence-electron chi connectivity index (χ3n) is 6.03. The average Bonchev–Trinajstić information content (AvgIpc) is 2.78. The van der Waals surface area contributed by atoms with Crippen molar-refractivity contribution in [3.8, 4) is 0 Å². The van der Waals surface area contributed by atoms with Gasteiger partial charge in [0.1, 0.15) is 5.82 Å². The molecule has 1 fully saturated rings. The highest BCUT2D eigenvalue weighted by atomic mass is 32.2. The fraction of sp³-hybridized carbons (Fsp3) is 0.458. The molecule has 0 unspecified atom stereocenters. The zero-order valence-electron chi connectivity index (χ0n) is 18.2. The van der Waals surface area contributed by atoms with E-state index in [0.717, 1.165) is 18.4 Å². The summed E-state index contributed by atoms with van der Waals surface area (Å²) in [5, 5.41) is 3.04. The fourth-order valence-corrected chi connectivity index (χ4v) is 5.61. The van der Waals surface area contributed by atoms with Crippen molar-refractivity contribution < 1.29 is 17.6 Å². The average molecular weight is 447 g/mol. The molecular formula is C24H31FN2O3S. The molecule has 7 heteroatoms. The maximum absolute atomic E-state index is 13.8. The Kier molecular flexibility index (Phi) is 7.84. The summed E-state index contributed by atoms with van der Waals surface area (Å²) in [6.07, 6.45) is 2.80. The van der Waals surface area contributed by atoms with Gasteiger partial charge in [-0.3, -0.25) is 4.79 Å². The summed E-state index contributed by atoms with van der Waals surface area (Å²) in [4.78, 5) is 12.7. The second-order valence-electron chi connectivity index (χ2n) is 8.05. The van der Waals surface area contributed by atoms with E-state index >= 15 is 0 Å². The highest BCUT2D eigenvalue weighted by Crippen LogP contribution is 2.23. The summed E-state index contributed by atoms with van der Waals surface area (Å²) < 4.78 is 40.6. The first-order valence-electron chi connectivity index (χ1n) is 10.9. The molecule has 2 aromatic rings. The van der Waals surface area contributed by atoms with Gasteiger partial charge < -0.3 is 5.32 Å². The SMILES string of the molecule is CCc1ccc(CC)c(CNC(=O)C2CCN(S(=O)(=O)Cc3ccccc3F)CC2)c1. The van der Waals surface area contributed by atoms with E-state index in [1.54, 1.807) is 6.07 Å². The standard InChI is InChI=1S/C24H31FN2O3S/c1-3-18-9-10-19(4-2)22(15-18)16-26-24(28)20-11-13-27(14-12-20)31(29,30)17-21-7-5-6-8-23(21)25/h5-10,15,20H,3-4,11-14,16-17H2,1-2H3,(H,26,28). The third-order valence-corrected chi connectivity index (χ3v) is 7.85. The number of nitrogens with one attached hydrogen (secondary N) is 1. The molecule has 0 spiro atoms. The molecule has 0 atom stereocenters. The number of hydrogen-bond acceptors (Lipinski definition) is 3. The number of carbonyl (C=O) groups is 1. The van der Waals surface area contributed by atoms with Crippen LogP contribution in [0.1, 0.15) is 48.9 Å². The Morgan fingerprint density at radius 1 is 1.03 bits per heavy atom. The molecular weight excluding hydrogens is 415 g/mol. The molecule has 3 rings (SSSR count). The predicted octanol–water partition coefficient (Wildman–Crippen LogP) is 3.81. The molecule has 31 heavy (non-hydrogen) atoms. The number of sulfonamides is 1. The summed E-state index contributed by atoms with van der Waals surface area (Å²) in [7, 11) is -3.62. The van der Waals surface area contributed by atoms with Crippen molar-refractivity contribution in [3.05, 3.63) is 70.5 Å². The van der Waals surface area contributed by atoms with Crippen LogP contribution in [-0.4, -0.2) is 31.7 Å². The largest absolute Gasteiger partial charge is 0.352 e. The summed E-state index contributed by atoms with van der Waals surface area (Å²) in [6.45, 7) is 5.25. The van der Waals surface area contributed by atoms with Gasteiger partial charge in [0.2, 0.25) is 15.9 Å². The van der Waals surface area contributed by atoms with E-state index in [9.17, 15) is 17.6 Å². The molecule has 1 aliphatic rings. The quantitative estimate of drug-likeness (QED) is 0.671. The zero-order valence-corrected chi connectivity index (χ0v) is 19.1. The van der Waals surface area contributed by atoms with Crippen molar-refractivity contribution in [3.63, 3.8) is 0 Å². The minimum absolute atomic E-state index is 0.0323. The van der Waals surface area contributed by atoms with Gasteiger partial charge in [-0.25, -0.2) is 17.1 Å². The van der Waals surface area contributed by atoms with E-state index in [4.69, 9.17) is 0 Å². The van der Waals surface area contributed by atoms with Gasteiger partial charge in [0.05, 0.1) is 5.75 Å². The van der Waals surface area contributed by atoms with E-state index < -0.39 is 15.8 Å². The normalized spacial score (nSPS) is 15.7. The zero-order chi connectivity index (χ0) is 22.4. The van der Waals surface area contributed by atoms with Crippen molar-refractivity contribution in [2.45, 2.75) is 51.8 Å². The van der Waals surface area contributed by atoms with Gasteiger partial charge in [-0.2, -0.15) is 0 Å². The minimum Gasteiger partial charge on any atom is -0.352 e. The molecule has 1 aliphatic heterocycles. The molecule has 1 N–H and O–H groups in total. The van der Waals surface area contributed by atoms with E-state index in [-0.39, 0.29) is 36.2 Å². The molecule has 0 aromatic heterocycles. The Balaban J connectivity index is 1.55. The molecule has 168 valence electrons. The molecule has 1 saturated heterocycles. The molecule has 1 amide bonds. The molecule has 1 heterocycles. The highest BCUT2D eigenvalue weighted by molar-refractivity contribution is 7.88. The Morgan fingerprint density at radius 2 is 1.74 bits per heavy atom. The van der Waals surface area contributed by atoms with Crippen LogP contribution in [0.5, 0.6) is 0 Å². The lowest BCUT2D eigenvalue weighted by Gasteiger charge is -2.30. The number of carbonyl (C=O) groups excluding carboxylic acids is 1. The van der Waals surface area contributed by atoms with Crippen LogP contribution < -0.4 is 5.32 Å². The Morgan fingerprint density at radius 3 is 2.39 bits per heavy atom. The summed E-state index contributed by atoms with van der Waals surface area (Å²) >= 11 is 0. The number of nitrogens with zero attached hydrogens (tertiary/aromatic N) is 1. The molecule has 0 aliphatic carbocycles. The van der Waals surface area contributed by atoms with E-state index in [2.05, 4.69) is 37.4 Å². The van der Waals surface area contributed by atoms with Gasteiger partial charge in [0, 0.05) is 31.1 Å². The van der Waals surface area contributed by atoms with E-state index in [0.29, 0.717) is 19.4 Å².